The number of carbonyl (C=O) groups is 2. The highest BCUT2D eigenvalue weighted by atomic mass is 16.2. The fourth-order valence-corrected chi connectivity index (χ4v) is 2.73. The van der Waals surface area contributed by atoms with Gasteiger partial charge in [-0.3, -0.25) is 9.59 Å². The average molecular weight is 358 g/mol. The molecule has 0 fully saturated rings. The number of carbonyl (C=O) groups excluding carboxylic acids is 2. The minimum Gasteiger partial charge on any atom is -0.366 e. The van der Waals surface area contributed by atoms with Crippen molar-refractivity contribution in [2.24, 2.45) is 5.73 Å². The SMILES string of the molecule is CC[C@H](C)N(C(=O)Cn1nnc(-c2ccc(C(N)=O)cc2)n1)[C@@H](C)CC. The average Bonchev–Trinajstić information content (AvgIpc) is 3.09. The van der Waals surface area contributed by atoms with E-state index in [4.69, 9.17) is 5.73 Å². The minimum absolute atomic E-state index is 0.0262. The van der Waals surface area contributed by atoms with Gasteiger partial charge in [0.05, 0.1) is 0 Å². The summed E-state index contributed by atoms with van der Waals surface area (Å²) in [4.78, 5) is 27.1. The molecule has 8 heteroatoms. The van der Waals surface area contributed by atoms with E-state index >= 15 is 0 Å². The lowest BCUT2D eigenvalue weighted by atomic mass is 10.1. The summed E-state index contributed by atoms with van der Waals surface area (Å²) in [6, 6.07) is 6.93. The van der Waals surface area contributed by atoms with Crippen LogP contribution in [-0.4, -0.2) is 49.0 Å². The standard InChI is InChI=1S/C18H26N6O2/c1-5-12(3)24(13(4)6-2)16(25)11-23-21-18(20-22-23)15-9-7-14(8-10-15)17(19)26/h7-10,12-13H,5-6,11H2,1-4H3,(H2,19,26)/t12-,13-/m0/s1. The summed E-state index contributed by atoms with van der Waals surface area (Å²) in [5, 5.41) is 12.3. The summed E-state index contributed by atoms with van der Waals surface area (Å²) in [7, 11) is 0. The molecule has 140 valence electrons. The molecule has 2 atom stereocenters. The van der Waals surface area contributed by atoms with Gasteiger partial charge in [-0.05, 0) is 44.0 Å². The molecule has 0 saturated heterocycles. The number of hydrogen-bond donors (Lipinski definition) is 1. The summed E-state index contributed by atoms with van der Waals surface area (Å²) in [5.41, 5.74) is 6.35. The second-order valence-corrected chi connectivity index (χ2v) is 6.40. The zero-order chi connectivity index (χ0) is 19.3. The molecule has 0 aliphatic heterocycles. The molecule has 0 unspecified atom stereocenters. The molecule has 26 heavy (non-hydrogen) atoms. The zero-order valence-corrected chi connectivity index (χ0v) is 15.7. The van der Waals surface area contributed by atoms with Crippen molar-refractivity contribution in [3.63, 3.8) is 0 Å². The van der Waals surface area contributed by atoms with E-state index in [0.717, 1.165) is 12.8 Å². The maximum absolute atomic E-state index is 12.7. The van der Waals surface area contributed by atoms with Crippen LogP contribution in [0.4, 0.5) is 0 Å². The number of primary amides is 1. The van der Waals surface area contributed by atoms with E-state index in [1.165, 1.54) is 4.80 Å². The molecule has 2 amide bonds. The summed E-state index contributed by atoms with van der Waals surface area (Å²) >= 11 is 0. The highest BCUT2D eigenvalue weighted by Crippen LogP contribution is 2.15. The van der Waals surface area contributed by atoms with Gasteiger partial charge in [0.2, 0.25) is 17.6 Å². The normalized spacial score (nSPS) is 13.2. The van der Waals surface area contributed by atoms with E-state index in [9.17, 15) is 9.59 Å². The van der Waals surface area contributed by atoms with Crippen molar-refractivity contribution in [3.8, 4) is 11.4 Å². The third-order valence-corrected chi connectivity index (χ3v) is 4.58. The predicted octanol–water partition coefficient (Wildman–Crippen LogP) is 1.86. The Morgan fingerprint density at radius 3 is 2.19 bits per heavy atom. The highest BCUT2D eigenvalue weighted by Gasteiger charge is 2.24. The summed E-state index contributed by atoms with van der Waals surface area (Å²) in [6.07, 6.45) is 1.77. The van der Waals surface area contributed by atoms with Gasteiger partial charge >= 0.3 is 0 Å². The van der Waals surface area contributed by atoms with Crippen LogP contribution in [0, 0.1) is 0 Å². The smallest absolute Gasteiger partial charge is 0.248 e. The number of aromatic nitrogens is 4. The van der Waals surface area contributed by atoms with E-state index in [1.807, 2.05) is 18.7 Å². The monoisotopic (exact) mass is 358 g/mol. The first-order chi connectivity index (χ1) is 12.4. The van der Waals surface area contributed by atoms with Gasteiger partial charge in [-0.15, -0.1) is 10.2 Å². The van der Waals surface area contributed by atoms with E-state index < -0.39 is 5.91 Å². The summed E-state index contributed by atoms with van der Waals surface area (Å²) < 4.78 is 0. The highest BCUT2D eigenvalue weighted by molar-refractivity contribution is 5.93. The van der Waals surface area contributed by atoms with Crippen LogP contribution in [0.25, 0.3) is 11.4 Å². The first-order valence-electron chi connectivity index (χ1n) is 8.86. The van der Waals surface area contributed by atoms with Crippen LogP contribution in [0.15, 0.2) is 24.3 Å². The lowest BCUT2D eigenvalue weighted by molar-refractivity contribution is -0.136. The van der Waals surface area contributed by atoms with Crippen molar-refractivity contribution in [1.82, 2.24) is 25.1 Å². The van der Waals surface area contributed by atoms with Crippen LogP contribution < -0.4 is 5.73 Å². The van der Waals surface area contributed by atoms with Crippen molar-refractivity contribution < 1.29 is 9.59 Å². The molecule has 8 nitrogen and oxygen atoms in total. The number of tetrazole rings is 1. The van der Waals surface area contributed by atoms with Crippen LogP contribution in [0.3, 0.4) is 0 Å². The fraction of sp³-hybridized carbons (Fsp3) is 0.500. The van der Waals surface area contributed by atoms with Crippen LogP contribution in [0.5, 0.6) is 0 Å². The van der Waals surface area contributed by atoms with Gasteiger partial charge in [-0.25, -0.2) is 0 Å². The predicted molar refractivity (Wildman–Crippen MR) is 98.1 cm³/mol. The zero-order valence-electron chi connectivity index (χ0n) is 15.7. The van der Waals surface area contributed by atoms with Gasteiger partial charge < -0.3 is 10.6 Å². The van der Waals surface area contributed by atoms with Gasteiger partial charge in [-0.2, -0.15) is 4.80 Å². The molecular weight excluding hydrogens is 332 g/mol. The van der Waals surface area contributed by atoms with Crippen molar-refractivity contribution in [1.29, 1.82) is 0 Å². The van der Waals surface area contributed by atoms with E-state index in [2.05, 4.69) is 29.3 Å². The Kier molecular flexibility index (Phi) is 6.43. The lowest BCUT2D eigenvalue weighted by Gasteiger charge is -2.33. The Morgan fingerprint density at radius 2 is 1.69 bits per heavy atom. The molecule has 1 aromatic heterocycles. The van der Waals surface area contributed by atoms with Crippen molar-refractivity contribution in [3.05, 3.63) is 29.8 Å². The Balaban J connectivity index is 2.13. The number of nitrogens with two attached hydrogens (primary N) is 1. The first kappa shape index (κ1) is 19.6. The van der Waals surface area contributed by atoms with Gasteiger partial charge in [0.25, 0.3) is 0 Å². The fourth-order valence-electron chi connectivity index (χ4n) is 2.73. The number of amides is 2. The number of benzene rings is 1. The quantitative estimate of drug-likeness (QED) is 0.775. The maximum Gasteiger partial charge on any atom is 0.248 e. The molecule has 0 radical (unpaired) electrons. The van der Waals surface area contributed by atoms with Crippen LogP contribution >= 0.6 is 0 Å². The molecule has 2 rings (SSSR count). The van der Waals surface area contributed by atoms with Crippen LogP contribution in [-0.2, 0) is 11.3 Å². The second kappa shape index (κ2) is 8.55. The van der Waals surface area contributed by atoms with E-state index in [0.29, 0.717) is 17.0 Å². The van der Waals surface area contributed by atoms with Crippen molar-refractivity contribution in [2.45, 2.75) is 59.2 Å². The molecule has 0 bridgehead atoms. The van der Waals surface area contributed by atoms with Gasteiger partial charge in [0.15, 0.2) is 0 Å². The molecule has 0 aliphatic rings. The molecule has 2 N–H and O–H groups in total. The van der Waals surface area contributed by atoms with Crippen molar-refractivity contribution in [2.75, 3.05) is 0 Å². The molecule has 0 saturated carbocycles. The third kappa shape index (κ3) is 4.44. The van der Waals surface area contributed by atoms with Crippen molar-refractivity contribution >= 4 is 11.8 Å². The number of hydrogen-bond acceptors (Lipinski definition) is 5. The molecule has 0 aliphatic carbocycles. The van der Waals surface area contributed by atoms with Crippen LogP contribution in [0.1, 0.15) is 50.9 Å². The Bertz CT molecular complexity index is 745. The second-order valence-electron chi connectivity index (χ2n) is 6.40. The van der Waals surface area contributed by atoms with E-state index in [1.54, 1.807) is 24.3 Å². The third-order valence-electron chi connectivity index (χ3n) is 4.58. The molecule has 1 heterocycles. The van der Waals surface area contributed by atoms with Crippen LogP contribution in [0.2, 0.25) is 0 Å². The Hall–Kier alpha value is -2.77. The summed E-state index contributed by atoms with van der Waals surface area (Å²) in [5.74, 6) is -0.122. The maximum atomic E-state index is 12.7. The summed E-state index contributed by atoms with van der Waals surface area (Å²) in [6.45, 7) is 8.26. The van der Waals surface area contributed by atoms with Gasteiger partial charge in [0, 0.05) is 23.2 Å². The minimum atomic E-state index is -0.492. The molecule has 0 spiro atoms. The Labute approximate surface area is 153 Å². The molecular formula is C18H26N6O2. The van der Waals surface area contributed by atoms with Gasteiger partial charge in [0.1, 0.15) is 6.54 Å². The number of rotatable bonds is 8. The number of nitrogens with zero attached hydrogens (tertiary/aromatic N) is 5. The largest absolute Gasteiger partial charge is 0.366 e. The molecule has 2 aromatic rings. The lowest BCUT2D eigenvalue weighted by Crippen LogP contribution is -2.46. The van der Waals surface area contributed by atoms with Gasteiger partial charge in [-0.1, -0.05) is 26.0 Å². The molecule has 1 aromatic carbocycles. The first-order valence-corrected chi connectivity index (χ1v) is 8.86. The van der Waals surface area contributed by atoms with E-state index in [-0.39, 0.29) is 24.5 Å². The Morgan fingerprint density at radius 1 is 1.12 bits per heavy atom. The topological polar surface area (TPSA) is 107 Å².